The molecule has 0 bridgehead atoms. The molecule has 1 heterocycles. The van der Waals surface area contributed by atoms with Crippen LogP contribution in [0.2, 0.25) is 0 Å². The number of carbonyl (C=O) groups is 2. The number of carbonyl (C=O) groups excluding carboxylic acids is 1. The van der Waals surface area contributed by atoms with E-state index in [9.17, 15) is 9.59 Å². The number of rotatable bonds is 7. The minimum absolute atomic E-state index is 0.0566. The maximum atomic E-state index is 11.0. The van der Waals surface area contributed by atoms with Gasteiger partial charge in [0.25, 0.3) is 0 Å². The Labute approximate surface area is 104 Å². The highest BCUT2D eigenvalue weighted by Gasteiger charge is 2.10. The second-order valence-corrected chi connectivity index (χ2v) is 3.42. The van der Waals surface area contributed by atoms with Crippen LogP contribution in [0, 0.1) is 0 Å². The second kappa shape index (κ2) is 7.33. The van der Waals surface area contributed by atoms with Gasteiger partial charge in [0.15, 0.2) is 0 Å². The lowest BCUT2D eigenvalue weighted by Gasteiger charge is -2.06. The van der Waals surface area contributed by atoms with Gasteiger partial charge >= 0.3 is 11.9 Å². The zero-order valence-corrected chi connectivity index (χ0v) is 10.0. The van der Waals surface area contributed by atoms with Crippen molar-refractivity contribution in [2.24, 2.45) is 0 Å². The highest BCUT2D eigenvalue weighted by molar-refractivity contribution is 5.88. The number of hydrogen-bond donors (Lipinski definition) is 2. The van der Waals surface area contributed by atoms with Gasteiger partial charge in [-0.25, -0.2) is 14.8 Å². The van der Waals surface area contributed by atoms with Crippen LogP contribution in [0.15, 0.2) is 12.5 Å². The summed E-state index contributed by atoms with van der Waals surface area (Å²) < 4.78 is 4.76. The second-order valence-electron chi connectivity index (χ2n) is 3.42. The van der Waals surface area contributed by atoms with E-state index in [-0.39, 0.29) is 24.5 Å². The summed E-state index contributed by atoms with van der Waals surface area (Å²) in [6, 6.07) is 0. The van der Waals surface area contributed by atoms with Crippen LogP contribution >= 0.6 is 0 Å². The normalized spacial score (nSPS) is 10.1. The molecule has 0 aliphatic carbocycles. The van der Waals surface area contributed by atoms with Crippen molar-refractivity contribution in [3.05, 3.63) is 23.8 Å². The fourth-order valence-electron chi connectivity index (χ4n) is 1.30. The molecular formula is C11H15N3O4. The van der Waals surface area contributed by atoms with Crippen molar-refractivity contribution >= 4 is 11.9 Å². The Morgan fingerprint density at radius 1 is 1.50 bits per heavy atom. The molecule has 0 atom stereocenters. The Balaban J connectivity index is 2.40. The molecule has 0 fully saturated rings. The zero-order valence-electron chi connectivity index (χ0n) is 10.0. The number of hydrogen-bond acceptors (Lipinski definition) is 6. The van der Waals surface area contributed by atoms with Gasteiger partial charge in [-0.1, -0.05) is 0 Å². The Bertz CT molecular complexity index is 423. The van der Waals surface area contributed by atoms with Gasteiger partial charge in [-0.05, 0) is 6.92 Å². The molecule has 98 valence electrons. The van der Waals surface area contributed by atoms with Crippen LogP contribution in [0.25, 0.3) is 0 Å². The number of aromatic carboxylic acids is 1. The molecule has 18 heavy (non-hydrogen) atoms. The van der Waals surface area contributed by atoms with Crippen molar-refractivity contribution in [2.45, 2.75) is 19.9 Å². The molecule has 1 aromatic heterocycles. The van der Waals surface area contributed by atoms with Crippen LogP contribution in [0.4, 0.5) is 0 Å². The average molecular weight is 253 g/mol. The summed E-state index contributed by atoms with van der Waals surface area (Å²) in [7, 11) is 0. The van der Waals surface area contributed by atoms with Gasteiger partial charge in [-0.15, -0.1) is 0 Å². The minimum atomic E-state index is -1.07. The van der Waals surface area contributed by atoms with Gasteiger partial charge in [0.1, 0.15) is 11.9 Å². The van der Waals surface area contributed by atoms with Crippen molar-refractivity contribution in [3.63, 3.8) is 0 Å². The lowest BCUT2D eigenvalue weighted by atomic mass is 10.2. The van der Waals surface area contributed by atoms with Crippen LogP contribution in [0.5, 0.6) is 0 Å². The SMILES string of the molecule is CCOC(=O)CCNCc1ncncc1C(=O)O. The molecule has 0 amide bonds. The predicted octanol–water partition coefficient (Wildman–Crippen LogP) is 0.218. The van der Waals surface area contributed by atoms with Gasteiger partial charge in [-0.3, -0.25) is 4.79 Å². The van der Waals surface area contributed by atoms with Gasteiger partial charge in [0.05, 0.1) is 18.7 Å². The van der Waals surface area contributed by atoms with Crippen molar-refractivity contribution in [3.8, 4) is 0 Å². The van der Waals surface area contributed by atoms with Crippen LogP contribution < -0.4 is 5.32 Å². The van der Waals surface area contributed by atoms with Crippen LogP contribution in [-0.2, 0) is 16.1 Å². The fourth-order valence-corrected chi connectivity index (χ4v) is 1.30. The summed E-state index contributed by atoms with van der Waals surface area (Å²) in [5.41, 5.74) is 0.447. The van der Waals surface area contributed by atoms with E-state index >= 15 is 0 Å². The third kappa shape index (κ3) is 4.46. The Kier molecular flexibility index (Phi) is 5.72. The highest BCUT2D eigenvalue weighted by atomic mass is 16.5. The maximum Gasteiger partial charge on any atom is 0.339 e. The number of aromatic nitrogens is 2. The molecule has 1 aromatic rings. The smallest absolute Gasteiger partial charge is 0.339 e. The predicted molar refractivity (Wildman–Crippen MR) is 61.9 cm³/mol. The van der Waals surface area contributed by atoms with Crippen LogP contribution in [-0.4, -0.2) is 40.2 Å². The fraction of sp³-hybridized carbons (Fsp3) is 0.455. The van der Waals surface area contributed by atoms with Crippen LogP contribution in [0.3, 0.4) is 0 Å². The lowest BCUT2D eigenvalue weighted by molar-refractivity contribution is -0.142. The van der Waals surface area contributed by atoms with E-state index in [0.29, 0.717) is 18.8 Å². The molecule has 0 aliphatic heterocycles. The largest absolute Gasteiger partial charge is 0.478 e. The minimum Gasteiger partial charge on any atom is -0.478 e. The Morgan fingerprint density at radius 2 is 2.28 bits per heavy atom. The maximum absolute atomic E-state index is 11.0. The molecule has 0 saturated carbocycles. The van der Waals surface area contributed by atoms with Gasteiger partial charge in [0, 0.05) is 19.3 Å². The third-order valence-electron chi connectivity index (χ3n) is 2.13. The quantitative estimate of drug-likeness (QED) is 0.529. The molecule has 7 heteroatoms. The standard InChI is InChI=1S/C11H15N3O4/c1-2-18-10(15)3-4-12-6-9-8(11(16)17)5-13-7-14-9/h5,7,12H,2-4,6H2,1H3,(H,16,17). The van der Waals surface area contributed by atoms with E-state index in [1.165, 1.54) is 12.5 Å². The molecule has 0 aliphatic rings. The number of nitrogens with one attached hydrogen (secondary N) is 1. The summed E-state index contributed by atoms with van der Waals surface area (Å²) in [4.78, 5) is 29.4. The lowest BCUT2D eigenvalue weighted by Crippen LogP contribution is -2.21. The molecule has 1 rings (SSSR count). The first-order valence-corrected chi connectivity index (χ1v) is 5.53. The van der Waals surface area contributed by atoms with Crippen molar-refractivity contribution < 1.29 is 19.4 Å². The summed E-state index contributed by atoms with van der Waals surface area (Å²) in [6.07, 6.45) is 2.77. The summed E-state index contributed by atoms with van der Waals surface area (Å²) in [5.74, 6) is -1.36. The van der Waals surface area contributed by atoms with E-state index in [1.54, 1.807) is 6.92 Å². The molecule has 0 unspecified atom stereocenters. The molecule has 2 N–H and O–H groups in total. The van der Waals surface area contributed by atoms with Crippen molar-refractivity contribution in [1.82, 2.24) is 15.3 Å². The molecule has 0 saturated heterocycles. The molecule has 0 spiro atoms. The molecule has 0 aromatic carbocycles. The van der Waals surface area contributed by atoms with Gasteiger partial charge < -0.3 is 15.2 Å². The first kappa shape index (κ1) is 14.0. The Hall–Kier alpha value is -2.02. The highest BCUT2D eigenvalue weighted by Crippen LogP contribution is 2.02. The molecule has 0 radical (unpaired) electrons. The van der Waals surface area contributed by atoms with Gasteiger partial charge in [0.2, 0.25) is 0 Å². The van der Waals surface area contributed by atoms with Crippen molar-refractivity contribution in [2.75, 3.05) is 13.2 Å². The van der Waals surface area contributed by atoms with Crippen LogP contribution in [0.1, 0.15) is 29.4 Å². The van der Waals surface area contributed by atoms with Gasteiger partial charge in [-0.2, -0.15) is 0 Å². The molecular weight excluding hydrogens is 238 g/mol. The number of esters is 1. The first-order chi connectivity index (χ1) is 8.65. The van der Waals surface area contributed by atoms with E-state index in [0.717, 1.165) is 0 Å². The van der Waals surface area contributed by atoms with E-state index in [1.807, 2.05) is 0 Å². The first-order valence-electron chi connectivity index (χ1n) is 5.53. The number of nitrogens with zero attached hydrogens (tertiary/aromatic N) is 2. The summed E-state index contributed by atoms with van der Waals surface area (Å²) in [5, 5.41) is 11.8. The Morgan fingerprint density at radius 3 is 2.94 bits per heavy atom. The number of ether oxygens (including phenoxy) is 1. The number of carboxylic acid groups (broad SMARTS) is 1. The number of carboxylic acids is 1. The van der Waals surface area contributed by atoms with Crippen molar-refractivity contribution in [1.29, 1.82) is 0 Å². The summed E-state index contributed by atoms with van der Waals surface area (Å²) in [6.45, 7) is 2.77. The topological polar surface area (TPSA) is 101 Å². The summed E-state index contributed by atoms with van der Waals surface area (Å²) >= 11 is 0. The monoisotopic (exact) mass is 253 g/mol. The van der Waals surface area contributed by atoms with E-state index in [4.69, 9.17) is 9.84 Å². The van der Waals surface area contributed by atoms with E-state index < -0.39 is 5.97 Å². The van der Waals surface area contributed by atoms with E-state index in [2.05, 4.69) is 15.3 Å². The zero-order chi connectivity index (χ0) is 13.4. The molecule has 7 nitrogen and oxygen atoms in total. The third-order valence-corrected chi connectivity index (χ3v) is 2.13. The average Bonchev–Trinajstić information content (AvgIpc) is 2.35.